The van der Waals surface area contributed by atoms with Crippen LogP contribution in [0.3, 0.4) is 0 Å². The van der Waals surface area contributed by atoms with Gasteiger partial charge in [0.25, 0.3) is 5.91 Å². The Morgan fingerprint density at radius 2 is 1.68 bits per heavy atom. The number of carbonyl (C=O) groups excluding carboxylic acids is 1. The standard InChI is InChI=1S/C18H19ClN2O3S/c19-15-6-4-5-14(13-15)18(22)20-16-7-9-17(10-8-16)25(23,24)21-11-2-1-3-12-21/h4-10,13H,1-3,11-12H2,(H,20,22). The number of amides is 1. The van der Waals surface area contributed by atoms with E-state index in [4.69, 9.17) is 11.6 Å². The Labute approximate surface area is 152 Å². The summed E-state index contributed by atoms with van der Waals surface area (Å²) in [7, 11) is -3.46. The third-order valence-corrected chi connectivity index (χ3v) is 6.30. The molecule has 1 aliphatic rings. The number of nitrogens with one attached hydrogen (secondary N) is 1. The third-order valence-electron chi connectivity index (χ3n) is 4.15. The molecule has 1 N–H and O–H groups in total. The monoisotopic (exact) mass is 378 g/mol. The summed E-state index contributed by atoms with van der Waals surface area (Å²) >= 11 is 5.89. The van der Waals surface area contributed by atoms with Crippen LogP contribution in [0.15, 0.2) is 53.4 Å². The maximum atomic E-state index is 12.6. The fourth-order valence-corrected chi connectivity index (χ4v) is 4.50. The molecule has 2 aromatic rings. The van der Waals surface area contributed by atoms with E-state index in [1.54, 1.807) is 36.4 Å². The van der Waals surface area contributed by atoms with Crippen LogP contribution in [-0.2, 0) is 10.0 Å². The van der Waals surface area contributed by atoms with Crippen LogP contribution in [-0.4, -0.2) is 31.7 Å². The highest BCUT2D eigenvalue weighted by Gasteiger charge is 2.25. The van der Waals surface area contributed by atoms with Crippen LogP contribution in [0.1, 0.15) is 29.6 Å². The predicted octanol–water partition coefficient (Wildman–Crippen LogP) is 3.77. The molecule has 0 spiro atoms. The molecule has 0 aliphatic carbocycles. The predicted molar refractivity (Wildman–Crippen MR) is 98.5 cm³/mol. The number of hydrogen-bond donors (Lipinski definition) is 1. The zero-order chi connectivity index (χ0) is 17.9. The summed E-state index contributed by atoms with van der Waals surface area (Å²) in [5.41, 5.74) is 0.972. The first-order valence-electron chi connectivity index (χ1n) is 8.14. The smallest absolute Gasteiger partial charge is 0.255 e. The lowest BCUT2D eigenvalue weighted by atomic mass is 10.2. The molecule has 0 unspecified atom stereocenters. The summed E-state index contributed by atoms with van der Waals surface area (Å²) in [5.74, 6) is -0.297. The number of rotatable bonds is 4. The van der Waals surface area contributed by atoms with Crippen molar-refractivity contribution in [3.8, 4) is 0 Å². The van der Waals surface area contributed by atoms with Gasteiger partial charge in [-0.25, -0.2) is 8.42 Å². The molecule has 1 heterocycles. The van der Waals surface area contributed by atoms with Crippen LogP contribution in [0.4, 0.5) is 5.69 Å². The average Bonchev–Trinajstić information content (AvgIpc) is 2.63. The second kappa shape index (κ2) is 7.56. The summed E-state index contributed by atoms with van der Waals surface area (Å²) in [5, 5.41) is 3.22. The summed E-state index contributed by atoms with van der Waals surface area (Å²) in [4.78, 5) is 12.4. The number of carbonyl (C=O) groups is 1. The number of sulfonamides is 1. The maximum Gasteiger partial charge on any atom is 0.255 e. The number of hydrogen-bond acceptors (Lipinski definition) is 3. The van der Waals surface area contributed by atoms with Crippen LogP contribution in [0.25, 0.3) is 0 Å². The van der Waals surface area contributed by atoms with Gasteiger partial charge in [0.05, 0.1) is 4.90 Å². The number of halogens is 1. The highest BCUT2D eigenvalue weighted by molar-refractivity contribution is 7.89. The zero-order valence-electron chi connectivity index (χ0n) is 13.6. The van der Waals surface area contributed by atoms with Gasteiger partial charge in [-0.05, 0) is 55.3 Å². The Bertz CT molecular complexity index is 860. The molecule has 1 saturated heterocycles. The molecule has 3 rings (SSSR count). The van der Waals surface area contributed by atoms with Crippen molar-refractivity contribution in [2.45, 2.75) is 24.2 Å². The van der Waals surface area contributed by atoms with Crippen LogP contribution >= 0.6 is 11.6 Å². The van der Waals surface area contributed by atoms with Crippen molar-refractivity contribution in [1.29, 1.82) is 0 Å². The molecule has 7 heteroatoms. The lowest BCUT2D eigenvalue weighted by Crippen LogP contribution is -2.35. The largest absolute Gasteiger partial charge is 0.322 e. The Morgan fingerprint density at radius 1 is 1.00 bits per heavy atom. The lowest BCUT2D eigenvalue weighted by Gasteiger charge is -2.25. The minimum absolute atomic E-state index is 0.246. The molecule has 1 amide bonds. The van der Waals surface area contributed by atoms with Gasteiger partial charge >= 0.3 is 0 Å². The molecule has 1 fully saturated rings. The van der Waals surface area contributed by atoms with Crippen LogP contribution in [0, 0.1) is 0 Å². The minimum atomic E-state index is -3.46. The maximum absolute atomic E-state index is 12.6. The lowest BCUT2D eigenvalue weighted by molar-refractivity contribution is 0.102. The van der Waals surface area contributed by atoms with Gasteiger partial charge in [-0.1, -0.05) is 24.1 Å². The van der Waals surface area contributed by atoms with Gasteiger partial charge in [-0.2, -0.15) is 4.31 Å². The first kappa shape index (κ1) is 17.9. The quantitative estimate of drug-likeness (QED) is 0.880. The Morgan fingerprint density at radius 3 is 2.32 bits per heavy atom. The second-order valence-corrected chi connectivity index (χ2v) is 8.33. The zero-order valence-corrected chi connectivity index (χ0v) is 15.2. The molecule has 132 valence electrons. The first-order chi connectivity index (χ1) is 12.0. The molecule has 5 nitrogen and oxygen atoms in total. The molecule has 0 bridgehead atoms. The van der Waals surface area contributed by atoms with Crippen LogP contribution < -0.4 is 5.32 Å². The van der Waals surface area contributed by atoms with E-state index in [9.17, 15) is 13.2 Å². The van der Waals surface area contributed by atoms with Crippen molar-refractivity contribution in [3.63, 3.8) is 0 Å². The van der Waals surface area contributed by atoms with Crippen LogP contribution in [0.2, 0.25) is 5.02 Å². The number of piperidine rings is 1. The van der Waals surface area contributed by atoms with Gasteiger partial charge in [-0.15, -0.1) is 0 Å². The van der Waals surface area contributed by atoms with E-state index in [2.05, 4.69) is 5.32 Å². The van der Waals surface area contributed by atoms with Crippen molar-refractivity contribution in [1.82, 2.24) is 4.31 Å². The number of benzene rings is 2. The molecular weight excluding hydrogens is 360 g/mol. The molecular formula is C18H19ClN2O3S. The van der Waals surface area contributed by atoms with Gasteiger partial charge in [0.15, 0.2) is 0 Å². The fraction of sp³-hybridized carbons (Fsp3) is 0.278. The van der Waals surface area contributed by atoms with Gasteiger partial charge < -0.3 is 5.32 Å². The average molecular weight is 379 g/mol. The van der Waals surface area contributed by atoms with E-state index >= 15 is 0 Å². The Balaban J connectivity index is 1.73. The second-order valence-electron chi connectivity index (χ2n) is 5.95. The van der Waals surface area contributed by atoms with Crippen LogP contribution in [0.5, 0.6) is 0 Å². The molecule has 0 radical (unpaired) electrons. The van der Waals surface area contributed by atoms with Crippen molar-refractivity contribution in [3.05, 3.63) is 59.1 Å². The van der Waals surface area contributed by atoms with E-state index in [-0.39, 0.29) is 10.8 Å². The molecule has 1 aliphatic heterocycles. The Kier molecular flexibility index (Phi) is 5.42. The van der Waals surface area contributed by atoms with Gasteiger partial charge in [0.2, 0.25) is 10.0 Å². The van der Waals surface area contributed by atoms with Gasteiger partial charge in [0, 0.05) is 29.4 Å². The SMILES string of the molecule is O=C(Nc1ccc(S(=O)(=O)N2CCCCC2)cc1)c1cccc(Cl)c1. The molecule has 25 heavy (non-hydrogen) atoms. The van der Waals surface area contributed by atoms with Crippen molar-refractivity contribution in [2.75, 3.05) is 18.4 Å². The summed E-state index contributed by atoms with van der Waals surface area (Å²) in [6, 6.07) is 12.9. The van der Waals surface area contributed by atoms with Gasteiger partial charge in [-0.3, -0.25) is 4.79 Å². The summed E-state index contributed by atoms with van der Waals surface area (Å²) in [6.07, 6.45) is 2.86. The van der Waals surface area contributed by atoms with Crippen molar-refractivity contribution < 1.29 is 13.2 Å². The molecule has 0 aromatic heterocycles. The Hall–Kier alpha value is -1.89. The van der Waals surface area contributed by atoms with Crippen molar-refractivity contribution in [2.24, 2.45) is 0 Å². The van der Waals surface area contributed by atoms with E-state index in [0.29, 0.717) is 29.4 Å². The fourth-order valence-electron chi connectivity index (χ4n) is 2.80. The number of anilines is 1. The van der Waals surface area contributed by atoms with E-state index in [1.807, 2.05) is 0 Å². The van der Waals surface area contributed by atoms with Gasteiger partial charge in [0.1, 0.15) is 0 Å². The normalized spacial score (nSPS) is 15.7. The highest BCUT2D eigenvalue weighted by Crippen LogP contribution is 2.22. The topological polar surface area (TPSA) is 66.5 Å². The number of nitrogens with zero attached hydrogens (tertiary/aromatic N) is 1. The third kappa shape index (κ3) is 4.21. The molecule has 0 atom stereocenters. The summed E-state index contributed by atoms with van der Waals surface area (Å²) in [6.45, 7) is 1.13. The molecule has 2 aromatic carbocycles. The first-order valence-corrected chi connectivity index (χ1v) is 9.96. The highest BCUT2D eigenvalue weighted by atomic mass is 35.5. The summed E-state index contributed by atoms with van der Waals surface area (Å²) < 4.78 is 26.7. The van der Waals surface area contributed by atoms with Crippen molar-refractivity contribution >= 4 is 33.2 Å². The molecule has 0 saturated carbocycles. The van der Waals surface area contributed by atoms with E-state index in [1.165, 1.54) is 16.4 Å². The van der Waals surface area contributed by atoms with E-state index < -0.39 is 10.0 Å². The van der Waals surface area contributed by atoms with E-state index in [0.717, 1.165) is 19.3 Å². The minimum Gasteiger partial charge on any atom is -0.322 e.